The molecule has 0 unspecified atom stereocenters. The van der Waals surface area contributed by atoms with E-state index in [1.165, 1.54) is 7.11 Å². The first-order valence-electron chi connectivity index (χ1n) is 13.6. The van der Waals surface area contributed by atoms with Gasteiger partial charge in [-0.2, -0.15) is 0 Å². The van der Waals surface area contributed by atoms with Gasteiger partial charge in [0.05, 0.1) is 19.6 Å². The van der Waals surface area contributed by atoms with Crippen LogP contribution in [0.5, 0.6) is 11.5 Å². The van der Waals surface area contributed by atoms with Crippen LogP contribution in [0.15, 0.2) is 12.1 Å². The van der Waals surface area contributed by atoms with Crippen molar-refractivity contribution in [3.05, 3.63) is 23.3 Å². The molecule has 1 N–H and O–H groups in total. The molecule has 1 aliphatic carbocycles. The molecule has 2 saturated heterocycles. The van der Waals surface area contributed by atoms with E-state index in [4.69, 9.17) is 28.4 Å². The molecule has 1 aromatic carbocycles. The van der Waals surface area contributed by atoms with Crippen molar-refractivity contribution in [2.75, 3.05) is 34.1 Å². The lowest BCUT2D eigenvalue weighted by Gasteiger charge is -2.40. The average molecular weight is 532 g/mol. The monoisotopic (exact) mass is 531 g/mol. The standard InChI is InChI=1S/C28H37NO9/c1-16(2)6-8-27(32,12-22(30)33-3)25(31)37-24-23-18-11-20-19(35-15-36-20)10-17(18)21-13-29-9-5-7-26(23,29)14-28(24,34-4)38-21/h10-11,16,21,23-24,32H,5-9,12-15H2,1-4H3/t21-,23-,24+,26+,27-,28-/m1/s1. The number of benzene rings is 1. The fourth-order valence-electron chi connectivity index (χ4n) is 7.40. The summed E-state index contributed by atoms with van der Waals surface area (Å²) in [6.45, 7) is 5.76. The fraction of sp³-hybridized carbons (Fsp3) is 0.714. The normalized spacial score (nSPS) is 34.0. The summed E-state index contributed by atoms with van der Waals surface area (Å²) in [5, 5.41) is 11.5. The van der Waals surface area contributed by atoms with E-state index in [1.54, 1.807) is 7.11 Å². The number of ether oxygens (including phenoxy) is 6. The molecule has 10 heteroatoms. The number of rotatable bonds is 8. The van der Waals surface area contributed by atoms with Crippen LogP contribution in [-0.4, -0.2) is 79.1 Å². The molecule has 1 spiro atoms. The van der Waals surface area contributed by atoms with Gasteiger partial charge in [-0.05, 0) is 61.4 Å². The maximum Gasteiger partial charge on any atom is 0.339 e. The Bertz CT molecular complexity index is 1140. The highest BCUT2D eigenvalue weighted by atomic mass is 16.7. The van der Waals surface area contributed by atoms with Gasteiger partial charge in [0.2, 0.25) is 12.6 Å². The lowest BCUT2D eigenvalue weighted by molar-refractivity contribution is -0.284. The van der Waals surface area contributed by atoms with Crippen molar-refractivity contribution in [3.8, 4) is 11.5 Å². The number of carbonyl (C=O) groups excluding carboxylic acids is 2. The number of aliphatic hydroxyl groups is 1. The van der Waals surface area contributed by atoms with Crippen molar-refractivity contribution in [2.45, 2.75) is 87.4 Å². The topological polar surface area (TPSA) is 113 Å². The average Bonchev–Trinajstić information content (AvgIpc) is 3.52. The van der Waals surface area contributed by atoms with Crippen molar-refractivity contribution in [1.29, 1.82) is 0 Å². The molecular formula is C28H37NO9. The van der Waals surface area contributed by atoms with Gasteiger partial charge in [0.1, 0.15) is 0 Å². The molecular weight excluding hydrogens is 494 g/mol. The quantitative estimate of drug-likeness (QED) is 0.503. The summed E-state index contributed by atoms with van der Waals surface area (Å²) in [4.78, 5) is 28.5. The Labute approximate surface area is 222 Å². The van der Waals surface area contributed by atoms with Gasteiger partial charge >= 0.3 is 11.9 Å². The molecule has 1 aromatic rings. The fourth-order valence-corrected chi connectivity index (χ4v) is 7.40. The summed E-state index contributed by atoms with van der Waals surface area (Å²) in [5.74, 6) is -1.47. The Kier molecular flexibility index (Phi) is 6.18. The van der Waals surface area contributed by atoms with Gasteiger partial charge in [-0.25, -0.2) is 4.79 Å². The first-order chi connectivity index (χ1) is 18.1. The lowest BCUT2D eigenvalue weighted by atomic mass is 9.78. The second-order valence-corrected chi connectivity index (χ2v) is 11.8. The third-order valence-corrected chi connectivity index (χ3v) is 9.28. The summed E-state index contributed by atoms with van der Waals surface area (Å²) in [7, 11) is 2.82. The van der Waals surface area contributed by atoms with E-state index in [9.17, 15) is 14.7 Å². The molecule has 7 rings (SSSR count). The zero-order chi connectivity index (χ0) is 26.9. The molecule has 0 radical (unpaired) electrons. The molecule has 0 amide bonds. The predicted octanol–water partition coefficient (Wildman–Crippen LogP) is 2.81. The number of esters is 2. The SMILES string of the molecule is COC(=O)C[C@](O)(CCC(C)C)C(=O)O[C@H]1[C@H]2c3cc4c(cc3[C@H]3CN5CCC[C@]25C[C@@]1(OC)O3)OCO4. The Morgan fingerprint density at radius 3 is 2.63 bits per heavy atom. The van der Waals surface area contributed by atoms with Crippen molar-refractivity contribution in [1.82, 2.24) is 4.90 Å². The van der Waals surface area contributed by atoms with Crippen LogP contribution < -0.4 is 9.47 Å². The molecule has 5 heterocycles. The van der Waals surface area contributed by atoms with Crippen LogP contribution in [-0.2, 0) is 28.5 Å². The molecule has 0 aromatic heterocycles. The van der Waals surface area contributed by atoms with Crippen molar-refractivity contribution in [3.63, 3.8) is 0 Å². The largest absolute Gasteiger partial charge is 0.469 e. The molecule has 10 nitrogen and oxygen atoms in total. The van der Waals surface area contributed by atoms with Crippen LogP contribution in [0.2, 0.25) is 0 Å². The van der Waals surface area contributed by atoms with Crippen LogP contribution >= 0.6 is 0 Å². The van der Waals surface area contributed by atoms with Gasteiger partial charge in [-0.3, -0.25) is 9.69 Å². The summed E-state index contributed by atoms with van der Waals surface area (Å²) in [6, 6.07) is 3.98. The molecule has 6 atom stereocenters. The van der Waals surface area contributed by atoms with Gasteiger partial charge in [0.25, 0.3) is 0 Å². The van der Waals surface area contributed by atoms with Gasteiger partial charge in [-0.1, -0.05) is 13.8 Å². The van der Waals surface area contributed by atoms with Gasteiger partial charge in [0.15, 0.2) is 23.2 Å². The highest BCUT2D eigenvalue weighted by Gasteiger charge is 2.72. The number of hydrogen-bond donors (Lipinski definition) is 1. The van der Waals surface area contributed by atoms with E-state index < -0.39 is 35.9 Å². The molecule has 208 valence electrons. The Morgan fingerprint density at radius 2 is 1.95 bits per heavy atom. The molecule has 6 aliphatic rings. The highest BCUT2D eigenvalue weighted by Crippen LogP contribution is 2.65. The highest BCUT2D eigenvalue weighted by molar-refractivity contribution is 5.86. The van der Waals surface area contributed by atoms with Crippen LogP contribution in [0.1, 0.15) is 75.5 Å². The lowest BCUT2D eigenvalue weighted by Crippen LogP contribution is -2.52. The maximum absolute atomic E-state index is 13.8. The number of fused-ring (bicyclic) bond motifs is 1. The van der Waals surface area contributed by atoms with Crippen LogP contribution in [0, 0.1) is 5.92 Å². The third kappa shape index (κ3) is 3.75. The number of nitrogens with zero attached hydrogens (tertiary/aromatic N) is 1. The zero-order valence-electron chi connectivity index (χ0n) is 22.5. The maximum atomic E-state index is 13.8. The van der Waals surface area contributed by atoms with E-state index in [2.05, 4.69) is 4.90 Å². The van der Waals surface area contributed by atoms with E-state index in [1.807, 2.05) is 26.0 Å². The number of carbonyl (C=O) groups is 2. The Balaban J connectivity index is 1.43. The molecule has 4 bridgehead atoms. The van der Waals surface area contributed by atoms with Gasteiger partial charge < -0.3 is 33.5 Å². The minimum atomic E-state index is -2.03. The van der Waals surface area contributed by atoms with Crippen molar-refractivity contribution >= 4 is 11.9 Å². The van der Waals surface area contributed by atoms with Crippen LogP contribution in [0.3, 0.4) is 0 Å². The van der Waals surface area contributed by atoms with Gasteiger partial charge in [0, 0.05) is 31.5 Å². The molecule has 3 fully saturated rings. The summed E-state index contributed by atoms with van der Waals surface area (Å²) in [5.41, 5.74) is -0.386. The second-order valence-electron chi connectivity index (χ2n) is 11.8. The number of hydrogen-bond acceptors (Lipinski definition) is 10. The predicted molar refractivity (Wildman–Crippen MR) is 133 cm³/mol. The molecule has 38 heavy (non-hydrogen) atoms. The van der Waals surface area contributed by atoms with E-state index in [0.29, 0.717) is 30.9 Å². The minimum absolute atomic E-state index is 0.0754. The first kappa shape index (κ1) is 25.9. The van der Waals surface area contributed by atoms with Crippen molar-refractivity contribution < 1.29 is 43.1 Å². The summed E-state index contributed by atoms with van der Waals surface area (Å²) in [6.07, 6.45) is 1.43. The summed E-state index contributed by atoms with van der Waals surface area (Å²) >= 11 is 0. The van der Waals surface area contributed by atoms with Crippen LogP contribution in [0.25, 0.3) is 0 Å². The van der Waals surface area contributed by atoms with Gasteiger partial charge in [-0.15, -0.1) is 0 Å². The Hall–Kier alpha value is -2.40. The van der Waals surface area contributed by atoms with Crippen molar-refractivity contribution in [2.24, 2.45) is 5.92 Å². The smallest absolute Gasteiger partial charge is 0.339 e. The summed E-state index contributed by atoms with van der Waals surface area (Å²) < 4.78 is 35.4. The van der Waals surface area contributed by atoms with E-state index >= 15 is 0 Å². The number of methoxy groups -OCH3 is 2. The zero-order valence-corrected chi connectivity index (χ0v) is 22.5. The first-order valence-corrected chi connectivity index (χ1v) is 13.6. The minimum Gasteiger partial charge on any atom is -0.469 e. The van der Waals surface area contributed by atoms with Crippen LogP contribution in [0.4, 0.5) is 0 Å². The molecule has 1 saturated carbocycles. The second kappa shape index (κ2) is 9.08. The third-order valence-electron chi connectivity index (χ3n) is 9.28. The van der Waals surface area contributed by atoms with E-state index in [0.717, 1.165) is 30.5 Å². The Morgan fingerprint density at radius 1 is 1.21 bits per heavy atom. The van der Waals surface area contributed by atoms with E-state index in [-0.39, 0.29) is 36.7 Å². The molecule has 5 aliphatic heterocycles.